The quantitative estimate of drug-likeness (QED) is 0.891. The molecule has 2 aromatic carbocycles. The van der Waals surface area contributed by atoms with E-state index in [1.807, 2.05) is 36.4 Å². The van der Waals surface area contributed by atoms with Crippen LogP contribution < -0.4 is 15.4 Å². The van der Waals surface area contributed by atoms with Gasteiger partial charge in [0.2, 0.25) is 5.91 Å². The van der Waals surface area contributed by atoms with Gasteiger partial charge in [-0.2, -0.15) is 0 Å². The minimum absolute atomic E-state index is 0.157. The number of hydrogen-bond donors (Lipinski definition) is 2. The van der Waals surface area contributed by atoms with Crippen molar-refractivity contribution in [1.29, 1.82) is 0 Å². The Morgan fingerprint density at radius 1 is 1.08 bits per heavy atom. The zero-order valence-corrected chi connectivity index (χ0v) is 15.0. The zero-order chi connectivity index (χ0) is 17.8. The van der Waals surface area contributed by atoms with Crippen LogP contribution >= 0.6 is 0 Å². The van der Waals surface area contributed by atoms with Crippen molar-refractivity contribution in [3.8, 4) is 5.75 Å². The fraction of sp³-hybridized carbons (Fsp3) is 0.409. The summed E-state index contributed by atoms with van der Waals surface area (Å²) in [6, 6.07) is 18.4. The minimum Gasteiger partial charge on any atom is -0.493 e. The Morgan fingerprint density at radius 2 is 1.81 bits per heavy atom. The van der Waals surface area contributed by atoms with Gasteiger partial charge in [0, 0.05) is 12.5 Å². The van der Waals surface area contributed by atoms with Crippen LogP contribution in [-0.2, 0) is 16.6 Å². The van der Waals surface area contributed by atoms with E-state index < -0.39 is 5.41 Å². The number of nitrogens with one attached hydrogen (secondary N) is 2. The van der Waals surface area contributed by atoms with Gasteiger partial charge in [0.15, 0.2) is 0 Å². The van der Waals surface area contributed by atoms with Crippen LogP contribution in [0.25, 0.3) is 0 Å². The third-order valence-corrected chi connectivity index (χ3v) is 5.73. The molecule has 4 nitrogen and oxygen atoms in total. The molecule has 2 aliphatic heterocycles. The SMILES string of the molecule is O=C(NC[C@@H]1COc2ccccc2C1)C1(c2ccccc2)CCNCC1. The number of para-hydroxylation sites is 1. The van der Waals surface area contributed by atoms with E-state index in [1.165, 1.54) is 5.56 Å². The molecule has 0 aliphatic carbocycles. The van der Waals surface area contributed by atoms with E-state index in [2.05, 4.69) is 28.8 Å². The van der Waals surface area contributed by atoms with Crippen LogP contribution in [0.15, 0.2) is 54.6 Å². The van der Waals surface area contributed by atoms with E-state index in [9.17, 15) is 4.79 Å². The van der Waals surface area contributed by atoms with Crippen molar-refractivity contribution < 1.29 is 9.53 Å². The van der Waals surface area contributed by atoms with Gasteiger partial charge in [-0.15, -0.1) is 0 Å². The van der Waals surface area contributed by atoms with Gasteiger partial charge in [-0.3, -0.25) is 4.79 Å². The fourth-order valence-corrected chi connectivity index (χ4v) is 4.19. The lowest BCUT2D eigenvalue weighted by molar-refractivity contribution is -0.128. The number of carbonyl (C=O) groups excluding carboxylic acids is 1. The molecule has 1 atom stereocenters. The first-order valence-corrected chi connectivity index (χ1v) is 9.53. The highest BCUT2D eigenvalue weighted by molar-refractivity contribution is 5.88. The lowest BCUT2D eigenvalue weighted by Crippen LogP contribution is -2.52. The van der Waals surface area contributed by atoms with Crippen LogP contribution in [0.1, 0.15) is 24.0 Å². The van der Waals surface area contributed by atoms with Gasteiger partial charge in [0.25, 0.3) is 0 Å². The summed E-state index contributed by atoms with van der Waals surface area (Å²) in [7, 11) is 0. The molecule has 1 fully saturated rings. The summed E-state index contributed by atoms with van der Waals surface area (Å²) in [5.41, 5.74) is 1.95. The molecule has 0 bridgehead atoms. The number of piperidine rings is 1. The number of benzene rings is 2. The van der Waals surface area contributed by atoms with Gasteiger partial charge in [-0.25, -0.2) is 0 Å². The summed E-state index contributed by atoms with van der Waals surface area (Å²) in [5, 5.41) is 6.63. The van der Waals surface area contributed by atoms with E-state index in [0.717, 1.165) is 43.7 Å². The predicted octanol–water partition coefficient (Wildman–Crippen LogP) is 2.68. The Morgan fingerprint density at radius 3 is 2.62 bits per heavy atom. The Balaban J connectivity index is 1.45. The second-order valence-corrected chi connectivity index (χ2v) is 7.40. The maximum absolute atomic E-state index is 13.2. The number of rotatable bonds is 4. The first-order valence-electron chi connectivity index (χ1n) is 9.53. The number of carbonyl (C=O) groups is 1. The molecule has 2 aromatic rings. The molecule has 26 heavy (non-hydrogen) atoms. The maximum Gasteiger partial charge on any atom is 0.230 e. The second kappa shape index (κ2) is 7.50. The van der Waals surface area contributed by atoms with Gasteiger partial charge in [-0.05, 0) is 49.5 Å². The molecule has 4 rings (SSSR count). The largest absolute Gasteiger partial charge is 0.493 e. The van der Waals surface area contributed by atoms with E-state index >= 15 is 0 Å². The van der Waals surface area contributed by atoms with Crippen molar-refractivity contribution in [3.63, 3.8) is 0 Å². The molecule has 0 spiro atoms. The van der Waals surface area contributed by atoms with Crippen LogP contribution in [0, 0.1) is 5.92 Å². The normalized spacial score (nSPS) is 21.3. The highest BCUT2D eigenvalue weighted by Crippen LogP contribution is 2.34. The van der Waals surface area contributed by atoms with Crippen molar-refractivity contribution in [2.24, 2.45) is 5.92 Å². The fourth-order valence-electron chi connectivity index (χ4n) is 4.19. The van der Waals surface area contributed by atoms with Crippen LogP contribution in [0.4, 0.5) is 0 Å². The Bertz CT molecular complexity index is 754. The molecule has 0 unspecified atom stereocenters. The topological polar surface area (TPSA) is 50.4 Å². The summed E-state index contributed by atoms with van der Waals surface area (Å²) >= 11 is 0. The zero-order valence-electron chi connectivity index (χ0n) is 15.0. The summed E-state index contributed by atoms with van der Waals surface area (Å²) < 4.78 is 5.86. The van der Waals surface area contributed by atoms with Gasteiger partial charge < -0.3 is 15.4 Å². The summed E-state index contributed by atoms with van der Waals surface area (Å²) in [6.45, 7) is 3.08. The first-order chi connectivity index (χ1) is 12.8. The molecule has 2 N–H and O–H groups in total. The smallest absolute Gasteiger partial charge is 0.230 e. The van der Waals surface area contributed by atoms with E-state index in [1.54, 1.807) is 0 Å². The van der Waals surface area contributed by atoms with Crippen molar-refractivity contribution in [1.82, 2.24) is 10.6 Å². The number of hydrogen-bond acceptors (Lipinski definition) is 3. The Labute approximate surface area is 155 Å². The highest BCUT2D eigenvalue weighted by Gasteiger charge is 2.41. The average Bonchev–Trinajstić information content (AvgIpc) is 2.73. The van der Waals surface area contributed by atoms with Crippen molar-refractivity contribution >= 4 is 5.91 Å². The molecule has 0 saturated carbocycles. The van der Waals surface area contributed by atoms with Crippen LogP contribution in [0.3, 0.4) is 0 Å². The summed E-state index contributed by atoms with van der Waals surface area (Å²) in [4.78, 5) is 13.2. The van der Waals surface area contributed by atoms with Gasteiger partial charge in [-0.1, -0.05) is 48.5 Å². The molecule has 4 heteroatoms. The number of amides is 1. The van der Waals surface area contributed by atoms with E-state index in [-0.39, 0.29) is 5.91 Å². The highest BCUT2D eigenvalue weighted by atomic mass is 16.5. The molecular formula is C22H26N2O2. The monoisotopic (exact) mass is 350 g/mol. The lowest BCUT2D eigenvalue weighted by Gasteiger charge is -2.37. The average molecular weight is 350 g/mol. The maximum atomic E-state index is 13.2. The molecule has 1 amide bonds. The van der Waals surface area contributed by atoms with Gasteiger partial charge >= 0.3 is 0 Å². The third kappa shape index (κ3) is 3.34. The molecule has 2 aliphatic rings. The lowest BCUT2D eigenvalue weighted by atomic mass is 9.72. The van der Waals surface area contributed by atoms with Crippen LogP contribution in [0.2, 0.25) is 0 Å². The molecule has 0 aromatic heterocycles. The Hall–Kier alpha value is -2.33. The van der Waals surface area contributed by atoms with E-state index in [4.69, 9.17) is 4.74 Å². The summed E-state index contributed by atoms with van der Waals surface area (Å²) in [5.74, 6) is 1.46. The summed E-state index contributed by atoms with van der Waals surface area (Å²) in [6.07, 6.45) is 2.63. The van der Waals surface area contributed by atoms with Crippen LogP contribution in [-0.4, -0.2) is 32.1 Å². The van der Waals surface area contributed by atoms with Gasteiger partial charge in [0.05, 0.1) is 12.0 Å². The predicted molar refractivity (Wildman–Crippen MR) is 102 cm³/mol. The molecule has 0 radical (unpaired) electrons. The molecule has 1 saturated heterocycles. The Kier molecular flexibility index (Phi) is 4.93. The van der Waals surface area contributed by atoms with Crippen molar-refractivity contribution in [2.45, 2.75) is 24.7 Å². The molecule has 136 valence electrons. The van der Waals surface area contributed by atoms with Gasteiger partial charge in [0.1, 0.15) is 5.75 Å². The van der Waals surface area contributed by atoms with E-state index in [0.29, 0.717) is 19.1 Å². The first kappa shape index (κ1) is 17.1. The number of fused-ring (bicyclic) bond motifs is 1. The minimum atomic E-state index is -0.417. The van der Waals surface area contributed by atoms with Crippen molar-refractivity contribution in [2.75, 3.05) is 26.2 Å². The van der Waals surface area contributed by atoms with Crippen molar-refractivity contribution in [3.05, 3.63) is 65.7 Å². The molecule has 2 heterocycles. The van der Waals surface area contributed by atoms with Crippen LogP contribution in [0.5, 0.6) is 5.75 Å². The standard InChI is InChI=1S/C22H26N2O2/c25-21(22(10-12-23-13-11-22)19-7-2-1-3-8-19)24-15-17-14-18-6-4-5-9-20(18)26-16-17/h1-9,17,23H,10-16H2,(H,24,25)/t17-/m1/s1. The molecular weight excluding hydrogens is 324 g/mol. The third-order valence-electron chi connectivity index (χ3n) is 5.73. The second-order valence-electron chi connectivity index (χ2n) is 7.40. The number of ether oxygens (including phenoxy) is 1.